The topological polar surface area (TPSA) is 46.2 Å². The van der Waals surface area contributed by atoms with Gasteiger partial charge >= 0.3 is 0 Å². The number of rotatable bonds is 1. The van der Waals surface area contributed by atoms with E-state index in [9.17, 15) is 8.42 Å². The highest BCUT2D eigenvalue weighted by molar-refractivity contribution is 7.91. The van der Waals surface area contributed by atoms with E-state index in [0.717, 1.165) is 32.4 Å². The van der Waals surface area contributed by atoms with Crippen LogP contribution in [0.4, 0.5) is 0 Å². The Morgan fingerprint density at radius 1 is 1.43 bits per heavy atom. The standard InChI is InChI=1S/C10H19NO2S/c1-10(4-5-11-8-10)9-3-2-6-14(12,13)7-9/h9,11H,2-8H2,1H3. The summed E-state index contributed by atoms with van der Waals surface area (Å²) in [5, 5.41) is 3.34. The van der Waals surface area contributed by atoms with E-state index >= 15 is 0 Å². The molecule has 2 fully saturated rings. The zero-order chi connectivity index (χ0) is 10.2. The third-order valence-corrected chi connectivity index (χ3v) is 5.67. The molecule has 2 saturated heterocycles. The maximum atomic E-state index is 11.5. The molecule has 14 heavy (non-hydrogen) atoms. The minimum absolute atomic E-state index is 0.230. The van der Waals surface area contributed by atoms with Crippen molar-refractivity contribution in [1.82, 2.24) is 5.32 Å². The third kappa shape index (κ3) is 1.96. The predicted octanol–water partition coefficient (Wildman–Crippen LogP) is 0.811. The van der Waals surface area contributed by atoms with Gasteiger partial charge in [0.2, 0.25) is 0 Å². The number of hydrogen-bond donors (Lipinski definition) is 1. The largest absolute Gasteiger partial charge is 0.316 e. The minimum atomic E-state index is -2.74. The fourth-order valence-electron chi connectivity index (χ4n) is 2.76. The minimum Gasteiger partial charge on any atom is -0.316 e. The lowest BCUT2D eigenvalue weighted by molar-refractivity contribution is 0.213. The first-order valence-corrected chi connectivity index (χ1v) is 7.25. The van der Waals surface area contributed by atoms with Crippen molar-refractivity contribution in [2.75, 3.05) is 24.6 Å². The van der Waals surface area contributed by atoms with Crippen molar-refractivity contribution < 1.29 is 8.42 Å². The summed E-state index contributed by atoms with van der Waals surface area (Å²) in [4.78, 5) is 0. The van der Waals surface area contributed by atoms with Crippen LogP contribution in [0.3, 0.4) is 0 Å². The van der Waals surface area contributed by atoms with Gasteiger partial charge < -0.3 is 5.32 Å². The Balaban J connectivity index is 2.11. The fraction of sp³-hybridized carbons (Fsp3) is 1.00. The predicted molar refractivity (Wildman–Crippen MR) is 57.0 cm³/mol. The monoisotopic (exact) mass is 217 g/mol. The van der Waals surface area contributed by atoms with Crippen molar-refractivity contribution in [3.8, 4) is 0 Å². The Morgan fingerprint density at radius 3 is 2.79 bits per heavy atom. The molecule has 0 aromatic rings. The second-order valence-electron chi connectivity index (χ2n) is 5.03. The zero-order valence-corrected chi connectivity index (χ0v) is 9.57. The van der Waals surface area contributed by atoms with Gasteiger partial charge in [0.1, 0.15) is 0 Å². The molecule has 2 aliphatic heterocycles. The maximum Gasteiger partial charge on any atom is 0.150 e. The van der Waals surface area contributed by atoms with Crippen molar-refractivity contribution in [3.05, 3.63) is 0 Å². The van der Waals surface area contributed by atoms with E-state index in [2.05, 4.69) is 12.2 Å². The summed E-state index contributed by atoms with van der Waals surface area (Å²) in [7, 11) is -2.74. The molecule has 2 rings (SSSR count). The maximum absolute atomic E-state index is 11.5. The second kappa shape index (κ2) is 3.49. The molecule has 2 aliphatic rings. The molecule has 3 nitrogen and oxygen atoms in total. The van der Waals surface area contributed by atoms with Crippen molar-refractivity contribution in [2.24, 2.45) is 11.3 Å². The fourth-order valence-corrected chi connectivity index (χ4v) is 4.71. The highest BCUT2D eigenvalue weighted by atomic mass is 32.2. The van der Waals surface area contributed by atoms with Gasteiger partial charge in [0, 0.05) is 6.54 Å². The average Bonchev–Trinajstić information content (AvgIpc) is 2.52. The van der Waals surface area contributed by atoms with Crippen molar-refractivity contribution in [3.63, 3.8) is 0 Å². The van der Waals surface area contributed by atoms with Crippen LogP contribution in [0, 0.1) is 11.3 Å². The van der Waals surface area contributed by atoms with E-state index in [4.69, 9.17) is 0 Å². The zero-order valence-electron chi connectivity index (χ0n) is 8.75. The van der Waals surface area contributed by atoms with Gasteiger partial charge in [0.05, 0.1) is 11.5 Å². The number of sulfone groups is 1. The molecule has 0 radical (unpaired) electrons. The Labute approximate surface area is 86.2 Å². The quantitative estimate of drug-likeness (QED) is 0.707. The third-order valence-electron chi connectivity index (χ3n) is 3.85. The van der Waals surface area contributed by atoms with Crippen LogP contribution in [0.25, 0.3) is 0 Å². The Hall–Kier alpha value is -0.0900. The SMILES string of the molecule is CC1(C2CCCS(=O)(=O)C2)CCNC1. The van der Waals surface area contributed by atoms with Crippen LogP contribution < -0.4 is 5.32 Å². The Kier molecular flexibility index (Phi) is 2.60. The molecule has 2 heterocycles. The van der Waals surface area contributed by atoms with E-state index in [-0.39, 0.29) is 5.41 Å². The van der Waals surface area contributed by atoms with Crippen molar-refractivity contribution in [2.45, 2.75) is 26.2 Å². The molecule has 2 atom stereocenters. The van der Waals surface area contributed by atoms with E-state index in [1.54, 1.807) is 0 Å². The van der Waals surface area contributed by atoms with Gasteiger partial charge in [-0.2, -0.15) is 0 Å². The van der Waals surface area contributed by atoms with Gasteiger partial charge in [-0.3, -0.25) is 0 Å². The summed E-state index contributed by atoms with van der Waals surface area (Å²) in [6, 6.07) is 0. The average molecular weight is 217 g/mol. The first-order valence-electron chi connectivity index (χ1n) is 5.43. The van der Waals surface area contributed by atoms with Crippen molar-refractivity contribution >= 4 is 9.84 Å². The van der Waals surface area contributed by atoms with Crippen LogP contribution in [0.1, 0.15) is 26.2 Å². The lowest BCUT2D eigenvalue weighted by atomic mass is 9.75. The molecule has 0 saturated carbocycles. The van der Waals surface area contributed by atoms with Crippen molar-refractivity contribution in [1.29, 1.82) is 0 Å². The van der Waals surface area contributed by atoms with Gasteiger partial charge in [-0.25, -0.2) is 8.42 Å². The number of hydrogen-bond acceptors (Lipinski definition) is 3. The molecule has 0 aromatic carbocycles. The summed E-state index contributed by atoms with van der Waals surface area (Å²) in [6.45, 7) is 4.28. The summed E-state index contributed by atoms with van der Waals surface area (Å²) in [5.41, 5.74) is 0.230. The molecule has 0 aliphatic carbocycles. The first-order chi connectivity index (χ1) is 6.52. The summed E-state index contributed by atoms with van der Waals surface area (Å²) in [5.74, 6) is 1.22. The van der Waals surface area contributed by atoms with Gasteiger partial charge in [0.25, 0.3) is 0 Å². The van der Waals surface area contributed by atoms with Gasteiger partial charge in [-0.15, -0.1) is 0 Å². The molecular formula is C10H19NO2S. The molecule has 1 N–H and O–H groups in total. The Morgan fingerprint density at radius 2 is 2.21 bits per heavy atom. The van der Waals surface area contributed by atoms with Crippen LogP contribution in [0.5, 0.6) is 0 Å². The molecule has 0 bridgehead atoms. The lowest BCUT2D eigenvalue weighted by Crippen LogP contribution is -2.38. The molecule has 0 amide bonds. The van der Waals surface area contributed by atoms with E-state index in [1.807, 2.05) is 0 Å². The van der Waals surface area contributed by atoms with E-state index < -0.39 is 9.84 Å². The molecule has 2 unspecified atom stereocenters. The van der Waals surface area contributed by atoms with Gasteiger partial charge in [-0.05, 0) is 37.1 Å². The Bertz CT molecular complexity index is 304. The molecule has 0 aromatic heterocycles. The smallest absolute Gasteiger partial charge is 0.150 e. The van der Waals surface area contributed by atoms with Crippen LogP contribution in [-0.4, -0.2) is 33.0 Å². The first kappa shape index (κ1) is 10.4. The summed E-state index contributed by atoms with van der Waals surface area (Å²) < 4.78 is 23.1. The van der Waals surface area contributed by atoms with Crippen LogP contribution in [-0.2, 0) is 9.84 Å². The van der Waals surface area contributed by atoms with Gasteiger partial charge in [0.15, 0.2) is 9.84 Å². The van der Waals surface area contributed by atoms with Crippen LogP contribution >= 0.6 is 0 Å². The van der Waals surface area contributed by atoms with Gasteiger partial charge in [-0.1, -0.05) is 6.92 Å². The second-order valence-corrected chi connectivity index (χ2v) is 7.26. The normalized spacial score (nSPS) is 42.5. The highest BCUT2D eigenvalue weighted by Crippen LogP contribution is 2.39. The molecule has 82 valence electrons. The van der Waals surface area contributed by atoms with E-state index in [0.29, 0.717) is 17.4 Å². The number of nitrogens with one attached hydrogen (secondary N) is 1. The highest BCUT2D eigenvalue weighted by Gasteiger charge is 2.40. The van der Waals surface area contributed by atoms with E-state index in [1.165, 1.54) is 0 Å². The van der Waals surface area contributed by atoms with Crippen LogP contribution in [0.2, 0.25) is 0 Å². The van der Waals surface area contributed by atoms with Crippen LogP contribution in [0.15, 0.2) is 0 Å². The molecule has 0 spiro atoms. The summed E-state index contributed by atoms with van der Waals surface area (Å²) >= 11 is 0. The lowest BCUT2D eigenvalue weighted by Gasteiger charge is -2.35. The molecular weight excluding hydrogens is 198 g/mol. The molecule has 4 heteroatoms. The summed E-state index contributed by atoms with van der Waals surface area (Å²) in [6.07, 6.45) is 3.09.